The molecule has 27 heavy (non-hydrogen) atoms. The van der Waals surface area contributed by atoms with E-state index in [0.717, 1.165) is 4.90 Å². The molecular formula is C19H27ClN2O5. The van der Waals surface area contributed by atoms with Crippen LogP contribution in [0.1, 0.15) is 45.7 Å². The van der Waals surface area contributed by atoms with Crippen LogP contribution in [0.25, 0.3) is 0 Å². The smallest absolute Gasteiger partial charge is 0.417 e. The molecule has 2 atom stereocenters. The first-order valence-electron chi connectivity index (χ1n) is 8.70. The summed E-state index contributed by atoms with van der Waals surface area (Å²) < 4.78 is 9.98. The summed E-state index contributed by atoms with van der Waals surface area (Å²) in [6, 6.07) is 4.63. The van der Waals surface area contributed by atoms with E-state index in [1.54, 1.807) is 52.0 Å². The van der Waals surface area contributed by atoms with E-state index in [0.29, 0.717) is 10.6 Å². The van der Waals surface area contributed by atoms with Crippen molar-refractivity contribution in [2.45, 2.75) is 52.3 Å². The number of esters is 1. The van der Waals surface area contributed by atoms with Crippen LogP contribution in [0.5, 0.6) is 0 Å². The average Bonchev–Trinajstić information content (AvgIpc) is 2.60. The van der Waals surface area contributed by atoms with Crippen molar-refractivity contribution in [1.82, 2.24) is 4.90 Å². The molecule has 0 saturated carbocycles. The fourth-order valence-corrected chi connectivity index (χ4v) is 2.49. The molecule has 0 fully saturated rings. The normalized spacial score (nSPS) is 13.2. The van der Waals surface area contributed by atoms with Gasteiger partial charge in [-0.1, -0.05) is 37.6 Å². The Balaban J connectivity index is 3.41. The highest BCUT2D eigenvalue weighted by atomic mass is 35.5. The minimum Gasteiger partial charge on any atom is -0.469 e. The van der Waals surface area contributed by atoms with Crippen molar-refractivity contribution in [2.24, 2.45) is 11.7 Å². The number of methoxy groups -OCH3 is 1. The SMILES string of the molecule is COC(=O)C[C@H](c1ccc(Cl)cc1)N(C(=O)OC(C)C)C(=O)[C@@H](N)C(C)C. The number of nitrogens with zero attached hydrogens (tertiary/aromatic N) is 1. The molecule has 2 amide bonds. The van der Waals surface area contributed by atoms with Crippen molar-refractivity contribution in [3.05, 3.63) is 34.9 Å². The molecule has 0 aliphatic carbocycles. The summed E-state index contributed by atoms with van der Waals surface area (Å²) >= 11 is 5.93. The Bertz CT molecular complexity index is 661. The van der Waals surface area contributed by atoms with Crippen molar-refractivity contribution in [3.63, 3.8) is 0 Å². The van der Waals surface area contributed by atoms with Crippen LogP contribution < -0.4 is 5.73 Å². The van der Waals surface area contributed by atoms with Gasteiger partial charge in [0.15, 0.2) is 0 Å². The van der Waals surface area contributed by atoms with Crippen LogP contribution in [0.4, 0.5) is 4.79 Å². The van der Waals surface area contributed by atoms with Crippen molar-refractivity contribution in [1.29, 1.82) is 0 Å². The number of amides is 2. The van der Waals surface area contributed by atoms with Crippen LogP contribution in [0, 0.1) is 5.92 Å². The van der Waals surface area contributed by atoms with Crippen molar-refractivity contribution >= 4 is 29.6 Å². The van der Waals surface area contributed by atoms with Gasteiger partial charge < -0.3 is 15.2 Å². The molecule has 2 N–H and O–H groups in total. The third kappa shape index (κ3) is 6.52. The number of halogens is 1. The molecule has 0 bridgehead atoms. The molecule has 150 valence electrons. The number of ether oxygens (including phenoxy) is 2. The first kappa shape index (κ1) is 22.9. The molecule has 0 aliphatic rings. The zero-order chi connectivity index (χ0) is 20.7. The summed E-state index contributed by atoms with van der Waals surface area (Å²) in [6.07, 6.45) is -1.55. The quantitative estimate of drug-likeness (QED) is 0.707. The molecule has 0 radical (unpaired) electrons. The van der Waals surface area contributed by atoms with E-state index in [-0.39, 0.29) is 12.3 Å². The van der Waals surface area contributed by atoms with Gasteiger partial charge in [-0.3, -0.25) is 9.59 Å². The van der Waals surface area contributed by atoms with Gasteiger partial charge >= 0.3 is 12.1 Å². The lowest BCUT2D eigenvalue weighted by molar-refractivity contribution is -0.143. The largest absolute Gasteiger partial charge is 0.469 e. The molecular weight excluding hydrogens is 372 g/mol. The number of carbonyl (C=O) groups is 3. The molecule has 0 heterocycles. The fraction of sp³-hybridized carbons (Fsp3) is 0.526. The van der Waals surface area contributed by atoms with Crippen molar-refractivity contribution in [2.75, 3.05) is 7.11 Å². The number of imide groups is 1. The van der Waals surface area contributed by atoms with Gasteiger partial charge in [0.2, 0.25) is 5.91 Å². The predicted molar refractivity (Wildman–Crippen MR) is 102 cm³/mol. The van der Waals surface area contributed by atoms with E-state index in [1.165, 1.54) is 7.11 Å². The second-order valence-corrected chi connectivity index (χ2v) is 7.19. The van der Waals surface area contributed by atoms with Gasteiger partial charge in [-0.15, -0.1) is 0 Å². The van der Waals surface area contributed by atoms with Gasteiger partial charge in [0.25, 0.3) is 0 Å². The van der Waals surface area contributed by atoms with Crippen LogP contribution in [0.3, 0.4) is 0 Å². The minimum atomic E-state index is -0.933. The zero-order valence-electron chi connectivity index (χ0n) is 16.3. The average molecular weight is 399 g/mol. The summed E-state index contributed by atoms with van der Waals surface area (Å²) in [4.78, 5) is 38.6. The Hall–Kier alpha value is -2.12. The van der Waals surface area contributed by atoms with E-state index < -0.39 is 36.2 Å². The van der Waals surface area contributed by atoms with Crippen LogP contribution in [-0.4, -0.2) is 42.1 Å². The van der Waals surface area contributed by atoms with Crippen molar-refractivity contribution in [3.8, 4) is 0 Å². The van der Waals surface area contributed by atoms with Gasteiger partial charge in [-0.2, -0.15) is 0 Å². The van der Waals surface area contributed by atoms with Crippen LogP contribution in [0.2, 0.25) is 5.02 Å². The molecule has 1 rings (SSSR count). The van der Waals surface area contributed by atoms with Gasteiger partial charge in [0.1, 0.15) is 0 Å². The molecule has 7 nitrogen and oxygen atoms in total. The van der Waals surface area contributed by atoms with E-state index in [4.69, 9.17) is 26.8 Å². The Kier molecular flexibility index (Phi) is 8.72. The molecule has 0 aromatic heterocycles. The summed E-state index contributed by atoms with van der Waals surface area (Å²) in [5, 5.41) is 0.483. The highest BCUT2D eigenvalue weighted by molar-refractivity contribution is 6.30. The molecule has 1 aromatic rings. The van der Waals surface area contributed by atoms with Gasteiger partial charge in [0.05, 0.1) is 31.7 Å². The number of hydrogen-bond donors (Lipinski definition) is 1. The van der Waals surface area contributed by atoms with Crippen LogP contribution in [0.15, 0.2) is 24.3 Å². The first-order valence-corrected chi connectivity index (χ1v) is 9.07. The van der Waals surface area contributed by atoms with Crippen LogP contribution in [-0.2, 0) is 19.1 Å². The van der Waals surface area contributed by atoms with E-state index in [2.05, 4.69) is 0 Å². The molecule has 0 spiro atoms. The number of benzene rings is 1. The summed E-state index contributed by atoms with van der Waals surface area (Å²) in [5.41, 5.74) is 6.53. The van der Waals surface area contributed by atoms with E-state index in [1.807, 2.05) is 0 Å². The van der Waals surface area contributed by atoms with E-state index in [9.17, 15) is 14.4 Å². The maximum atomic E-state index is 13.0. The highest BCUT2D eigenvalue weighted by Gasteiger charge is 2.37. The zero-order valence-corrected chi connectivity index (χ0v) is 17.0. The summed E-state index contributed by atoms with van der Waals surface area (Å²) in [7, 11) is 1.24. The molecule has 0 saturated heterocycles. The monoisotopic (exact) mass is 398 g/mol. The number of nitrogens with two attached hydrogens (primary N) is 1. The van der Waals surface area contributed by atoms with Gasteiger partial charge in [-0.25, -0.2) is 9.69 Å². The number of carbonyl (C=O) groups excluding carboxylic acids is 3. The topological polar surface area (TPSA) is 98.9 Å². The lowest BCUT2D eigenvalue weighted by Crippen LogP contribution is -2.51. The Labute approximate surface area is 164 Å². The summed E-state index contributed by atoms with van der Waals surface area (Å²) in [5.74, 6) is -1.42. The molecule has 1 aromatic carbocycles. The minimum absolute atomic E-state index is 0.212. The third-order valence-corrected chi connectivity index (χ3v) is 4.18. The highest BCUT2D eigenvalue weighted by Crippen LogP contribution is 2.28. The molecule has 0 aliphatic heterocycles. The maximum absolute atomic E-state index is 13.0. The molecule has 0 unspecified atom stereocenters. The Morgan fingerprint density at radius 2 is 1.67 bits per heavy atom. The second-order valence-electron chi connectivity index (χ2n) is 6.76. The van der Waals surface area contributed by atoms with Crippen LogP contribution >= 0.6 is 11.6 Å². The van der Waals surface area contributed by atoms with Gasteiger partial charge in [-0.05, 0) is 37.5 Å². The van der Waals surface area contributed by atoms with E-state index >= 15 is 0 Å². The second kappa shape index (κ2) is 10.3. The maximum Gasteiger partial charge on any atom is 0.417 e. The standard InChI is InChI=1S/C19H27ClN2O5/c1-11(2)17(21)18(24)22(19(25)27-12(3)4)15(10-16(23)26-5)13-6-8-14(20)9-7-13/h6-9,11-12,15,17H,10,21H2,1-5H3/t15-,17+/m1/s1. The third-order valence-electron chi connectivity index (χ3n) is 3.93. The fourth-order valence-electron chi connectivity index (χ4n) is 2.36. The number of rotatable bonds is 7. The Morgan fingerprint density at radius 3 is 2.11 bits per heavy atom. The number of hydrogen-bond acceptors (Lipinski definition) is 6. The molecule has 8 heteroatoms. The van der Waals surface area contributed by atoms with Crippen molar-refractivity contribution < 1.29 is 23.9 Å². The first-order chi connectivity index (χ1) is 12.6. The predicted octanol–water partition coefficient (Wildman–Crippen LogP) is 3.30. The Morgan fingerprint density at radius 1 is 1.11 bits per heavy atom. The summed E-state index contributed by atoms with van der Waals surface area (Å²) in [6.45, 7) is 6.87. The van der Waals surface area contributed by atoms with Gasteiger partial charge in [0, 0.05) is 5.02 Å². The lowest BCUT2D eigenvalue weighted by Gasteiger charge is -2.32. The lowest BCUT2D eigenvalue weighted by atomic mass is 9.98.